The van der Waals surface area contributed by atoms with Crippen molar-refractivity contribution in [1.82, 2.24) is 10.2 Å². The van der Waals surface area contributed by atoms with Crippen molar-refractivity contribution >= 4 is 5.91 Å². The molecule has 1 unspecified atom stereocenters. The van der Waals surface area contributed by atoms with Crippen molar-refractivity contribution in [3.8, 4) is 0 Å². The summed E-state index contributed by atoms with van der Waals surface area (Å²) in [5.41, 5.74) is -1.23. The molecule has 0 bridgehead atoms. The number of likely N-dealkylation sites (N-methyl/N-ethyl adjacent to an activating group) is 1. The van der Waals surface area contributed by atoms with Gasteiger partial charge in [0.25, 0.3) is 0 Å². The molecule has 1 amide bonds. The van der Waals surface area contributed by atoms with Crippen molar-refractivity contribution in [2.75, 3.05) is 33.4 Å². The molecule has 0 spiro atoms. The minimum absolute atomic E-state index is 0.0833. The predicted molar refractivity (Wildman–Crippen MR) is 68.3 cm³/mol. The van der Waals surface area contributed by atoms with Gasteiger partial charge in [-0.25, -0.2) is 0 Å². The van der Waals surface area contributed by atoms with Gasteiger partial charge in [-0.05, 0) is 26.3 Å². The third kappa shape index (κ3) is 2.84. The second-order valence-electron chi connectivity index (χ2n) is 5.86. The quantitative estimate of drug-likeness (QED) is 0.753. The Kier molecular flexibility index (Phi) is 3.94. The molecule has 5 heteroatoms. The van der Waals surface area contributed by atoms with Gasteiger partial charge in [0.15, 0.2) is 0 Å². The number of ether oxygens (including phenoxy) is 1. The maximum Gasteiger partial charge on any atom is 0.242 e. The van der Waals surface area contributed by atoms with Gasteiger partial charge in [-0.15, -0.1) is 0 Å². The third-order valence-electron chi connectivity index (χ3n) is 4.14. The number of hydrogen-bond donors (Lipinski definition) is 2. The van der Waals surface area contributed by atoms with Crippen LogP contribution in [-0.2, 0) is 9.53 Å². The molecule has 0 saturated carbocycles. The number of amides is 1. The van der Waals surface area contributed by atoms with Crippen molar-refractivity contribution < 1.29 is 14.6 Å². The summed E-state index contributed by atoms with van der Waals surface area (Å²) >= 11 is 0. The summed E-state index contributed by atoms with van der Waals surface area (Å²) in [6.45, 7) is 4.40. The minimum atomic E-state index is -0.780. The van der Waals surface area contributed by atoms with Gasteiger partial charge in [0, 0.05) is 39.6 Å². The Bertz CT molecular complexity index is 307. The van der Waals surface area contributed by atoms with E-state index in [2.05, 4.69) is 5.32 Å². The highest BCUT2D eigenvalue weighted by Crippen LogP contribution is 2.25. The summed E-state index contributed by atoms with van der Waals surface area (Å²) in [5, 5.41) is 13.7. The molecular formula is C13H24N2O3. The number of hydrogen-bond acceptors (Lipinski definition) is 4. The molecule has 2 aliphatic heterocycles. The van der Waals surface area contributed by atoms with E-state index in [9.17, 15) is 9.90 Å². The molecule has 0 aromatic heterocycles. The van der Waals surface area contributed by atoms with E-state index in [-0.39, 0.29) is 5.91 Å². The largest absolute Gasteiger partial charge is 0.388 e. The first-order valence-corrected chi connectivity index (χ1v) is 6.76. The van der Waals surface area contributed by atoms with Gasteiger partial charge in [0.2, 0.25) is 5.91 Å². The lowest BCUT2D eigenvalue weighted by molar-refractivity contribution is -0.142. The highest BCUT2D eigenvalue weighted by molar-refractivity contribution is 5.86. The minimum Gasteiger partial charge on any atom is -0.388 e. The van der Waals surface area contributed by atoms with Gasteiger partial charge >= 0.3 is 0 Å². The first-order chi connectivity index (χ1) is 8.45. The normalized spacial score (nSPS) is 31.3. The highest BCUT2D eigenvalue weighted by Gasteiger charge is 2.40. The molecule has 2 fully saturated rings. The second kappa shape index (κ2) is 5.15. The number of aliphatic hydroxyl groups is 1. The van der Waals surface area contributed by atoms with Gasteiger partial charge in [-0.2, -0.15) is 0 Å². The van der Waals surface area contributed by atoms with Gasteiger partial charge in [0.1, 0.15) is 0 Å². The van der Waals surface area contributed by atoms with E-state index < -0.39 is 11.1 Å². The van der Waals surface area contributed by atoms with Crippen molar-refractivity contribution in [2.45, 2.75) is 43.7 Å². The summed E-state index contributed by atoms with van der Waals surface area (Å²) in [4.78, 5) is 14.1. The molecule has 1 atom stereocenters. The lowest BCUT2D eigenvalue weighted by atomic mass is 9.92. The molecule has 0 radical (unpaired) electrons. The van der Waals surface area contributed by atoms with Crippen LogP contribution in [0.25, 0.3) is 0 Å². The zero-order valence-electron chi connectivity index (χ0n) is 11.4. The number of carbonyl (C=O) groups excluding carboxylic acids is 1. The number of rotatable bonds is 3. The zero-order valence-corrected chi connectivity index (χ0v) is 11.4. The van der Waals surface area contributed by atoms with Crippen LogP contribution in [0.3, 0.4) is 0 Å². The van der Waals surface area contributed by atoms with Crippen LogP contribution in [0.1, 0.15) is 32.6 Å². The van der Waals surface area contributed by atoms with Crippen LogP contribution in [0.4, 0.5) is 0 Å². The van der Waals surface area contributed by atoms with Crippen LogP contribution in [0.5, 0.6) is 0 Å². The fourth-order valence-corrected chi connectivity index (χ4v) is 2.92. The Hall–Kier alpha value is -0.650. The molecule has 18 heavy (non-hydrogen) atoms. The van der Waals surface area contributed by atoms with Gasteiger partial charge < -0.3 is 20.1 Å². The topological polar surface area (TPSA) is 61.8 Å². The molecule has 2 heterocycles. The van der Waals surface area contributed by atoms with Crippen molar-refractivity contribution in [3.05, 3.63) is 0 Å². The zero-order chi connectivity index (χ0) is 13.2. The summed E-state index contributed by atoms with van der Waals surface area (Å²) in [6, 6.07) is 0. The molecule has 0 aliphatic carbocycles. The fourth-order valence-electron chi connectivity index (χ4n) is 2.92. The van der Waals surface area contributed by atoms with E-state index in [1.54, 1.807) is 11.9 Å². The van der Waals surface area contributed by atoms with E-state index in [0.29, 0.717) is 32.6 Å². The van der Waals surface area contributed by atoms with Crippen LogP contribution in [0.15, 0.2) is 0 Å². The van der Waals surface area contributed by atoms with E-state index >= 15 is 0 Å². The fraction of sp³-hybridized carbons (Fsp3) is 0.923. The molecule has 0 aromatic rings. The van der Waals surface area contributed by atoms with Gasteiger partial charge in [-0.1, -0.05) is 0 Å². The van der Waals surface area contributed by atoms with Crippen molar-refractivity contribution in [1.29, 1.82) is 0 Å². The monoisotopic (exact) mass is 256 g/mol. The third-order valence-corrected chi connectivity index (χ3v) is 4.14. The Balaban J connectivity index is 1.94. The lowest BCUT2D eigenvalue weighted by Gasteiger charge is -2.38. The maximum atomic E-state index is 12.4. The smallest absolute Gasteiger partial charge is 0.242 e. The van der Waals surface area contributed by atoms with E-state index in [1.807, 2.05) is 6.92 Å². The molecule has 2 saturated heterocycles. The Morgan fingerprint density at radius 1 is 1.39 bits per heavy atom. The van der Waals surface area contributed by atoms with Gasteiger partial charge in [0.05, 0.1) is 11.1 Å². The van der Waals surface area contributed by atoms with Crippen molar-refractivity contribution in [3.63, 3.8) is 0 Å². The highest BCUT2D eigenvalue weighted by atomic mass is 16.5. The van der Waals surface area contributed by atoms with Gasteiger partial charge in [-0.3, -0.25) is 4.79 Å². The van der Waals surface area contributed by atoms with Crippen LogP contribution >= 0.6 is 0 Å². The number of nitrogens with one attached hydrogen (secondary N) is 1. The van der Waals surface area contributed by atoms with Crippen LogP contribution in [0.2, 0.25) is 0 Å². The number of nitrogens with zero attached hydrogens (tertiary/aromatic N) is 1. The molecule has 104 valence electrons. The average Bonchev–Trinajstić information content (AvgIpc) is 2.77. The average molecular weight is 256 g/mol. The SMILES string of the molecule is CN(CC1(O)CCOCC1)C(=O)C1(C)CCCN1. The molecule has 2 aliphatic rings. The van der Waals surface area contributed by atoms with E-state index in [4.69, 9.17) is 4.74 Å². The molecule has 2 rings (SSSR count). The maximum absolute atomic E-state index is 12.4. The second-order valence-corrected chi connectivity index (χ2v) is 5.86. The summed E-state index contributed by atoms with van der Waals surface area (Å²) in [6.07, 6.45) is 3.12. The van der Waals surface area contributed by atoms with Crippen LogP contribution in [0, 0.1) is 0 Å². The molecule has 5 nitrogen and oxygen atoms in total. The van der Waals surface area contributed by atoms with Crippen LogP contribution < -0.4 is 5.32 Å². The predicted octanol–water partition coefficient (Wildman–Crippen LogP) is 0.128. The summed E-state index contributed by atoms with van der Waals surface area (Å²) < 4.78 is 5.25. The Morgan fingerprint density at radius 3 is 2.61 bits per heavy atom. The molecule has 0 aromatic carbocycles. The molecule has 2 N–H and O–H groups in total. The van der Waals surface area contributed by atoms with E-state index in [1.165, 1.54) is 0 Å². The first kappa shape index (κ1) is 13.8. The van der Waals surface area contributed by atoms with Crippen LogP contribution in [-0.4, -0.2) is 60.4 Å². The lowest BCUT2D eigenvalue weighted by Crippen LogP contribution is -2.56. The Labute approximate surface area is 108 Å². The summed E-state index contributed by atoms with van der Waals surface area (Å²) in [5.74, 6) is 0.0833. The molecular weight excluding hydrogens is 232 g/mol. The summed E-state index contributed by atoms with van der Waals surface area (Å²) in [7, 11) is 1.78. The standard InChI is InChI=1S/C13H24N2O3/c1-12(4-3-7-14-12)11(16)15(2)10-13(17)5-8-18-9-6-13/h14,17H,3-10H2,1-2H3. The Morgan fingerprint density at radius 2 is 2.06 bits per heavy atom. The first-order valence-electron chi connectivity index (χ1n) is 6.76. The van der Waals surface area contributed by atoms with Crippen molar-refractivity contribution in [2.24, 2.45) is 0 Å². The number of carbonyl (C=O) groups is 1. The van der Waals surface area contributed by atoms with E-state index in [0.717, 1.165) is 19.4 Å².